The Morgan fingerprint density at radius 3 is 2.26 bits per heavy atom. The SMILES string of the molecule is CCCNC(=O)[C@@H](C)N(Cc1ccccc1F)C(=O)CN(c1ccccc1OCC)S(=O)(=O)c1ccccc1. The van der Waals surface area contributed by atoms with Crippen LogP contribution in [0.1, 0.15) is 32.8 Å². The zero-order chi connectivity index (χ0) is 28.4. The number of halogens is 1. The van der Waals surface area contributed by atoms with E-state index in [9.17, 15) is 22.4 Å². The van der Waals surface area contributed by atoms with Gasteiger partial charge in [0.05, 0.1) is 17.2 Å². The molecule has 3 aromatic rings. The van der Waals surface area contributed by atoms with Gasteiger partial charge in [-0.1, -0.05) is 55.5 Å². The lowest BCUT2D eigenvalue weighted by Crippen LogP contribution is -2.51. The summed E-state index contributed by atoms with van der Waals surface area (Å²) in [4.78, 5) is 28.0. The van der Waals surface area contributed by atoms with Crippen LogP contribution in [0.5, 0.6) is 5.75 Å². The van der Waals surface area contributed by atoms with Crippen molar-refractivity contribution in [2.75, 3.05) is 24.0 Å². The predicted molar refractivity (Wildman–Crippen MR) is 148 cm³/mol. The minimum absolute atomic E-state index is 0.0153. The summed E-state index contributed by atoms with van der Waals surface area (Å²) in [5.41, 5.74) is 0.374. The van der Waals surface area contributed by atoms with Gasteiger partial charge in [0.2, 0.25) is 11.8 Å². The molecule has 3 aromatic carbocycles. The molecule has 0 aliphatic rings. The molecule has 0 saturated heterocycles. The highest BCUT2D eigenvalue weighted by molar-refractivity contribution is 7.92. The minimum Gasteiger partial charge on any atom is -0.492 e. The van der Waals surface area contributed by atoms with Crippen LogP contribution < -0.4 is 14.4 Å². The average molecular weight is 556 g/mol. The first-order valence-electron chi connectivity index (χ1n) is 12.8. The lowest BCUT2D eigenvalue weighted by atomic mass is 10.1. The van der Waals surface area contributed by atoms with Gasteiger partial charge in [-0.25, -0.2) is 12.8 Å². The maximum atomic E-state index is 14.6. The fourth-order valence-electron chi connectivity index (χ4n) is 3.96. The standard InChI is InChI=1S/C29H34FN3O5S/c1-4-19-31-29(35)22(3)32(20-23-13-9-10-16-25(23)30)28(34)21-33(26-17-11-12-18-27(26)38-5-2)39(36,37)24-14-7-6-8-15-24/h6-18,22H,4-5,19-21H2,1-3H3,(H,31,35)/t22-/m1/s1. The van der Waals surface area contributed by atoms with Crippen LogP contribution in [-0.2, 0) is 26.2 Å². The summed E-state index contributed by atoms with van der Waals surface area (Å²) >= 11 is 0. The van der Waals surface area contributed by atoms with Gasteiger partial charge in [0, 0.05) is 18.7 Å². The van der Waals surface area contributed by atoms with Crippen molar-refractivity contribution in [2.24, 2.45) is 0 Å². The van der Waals surface area contributed by atoms with Crippen molar-refractivity contribution in [3.05, 3.63) is 90.2 Å². The quantitative estimate of drug-likeness (QED) is 0.338. The predicted octanol–water partition coefficient (Wildman–Crippen LogP) is 4.36. The topological polar surface area (TPSA) is 96.0 Å². The highest BCUT2D eigenvalue weighted by atomic mass is 32.2. The Balaban J connectivity index is 2.07. The van der Waals surface area contributed by atoms with E-state index in [4.69, 9.17) is 4.74 Å². The van der Waals surface area contributed by atoms with Crippen molar-refractivity contribution in [3.63, 3.8) is 0 Å². The third-order valence-corrected chi connectivity index (χ3v) is 7.83. The lowest BCUT2D eigenvalue weighted by Gasteiger charge is -2.32. The van der Waals surface area contributed by atoms with Gasteiger partial charge in [-0.05, 0) is 50.6 Å². The van der Waals surface area contributed by atoms with Crippen LogP contribution in [-0.4, -0.2) is 50.9 Å². The number of ether oxygens (including phenoxy) is 1. The highest BCUT2D eigenvalue weighted by Crippen LogP contribution is 2.32. The maximum Gasteiger partial charge on any atom is 0.264 e. The molecule has 0 aliphatic carbocycles. The summed E-state index contributed by atoms with van der Waals surface area (Å²) in [7, 11) is -4.23. The molecule has 0 aliphatic heterocycles. The summed E-state index contributed by atoms with van der Waals surface area (Å²) in [5.74, 6) is -1.36. The van der Waals surface area contributed by atoms with E-state index >= 15 is 0 Å². The monoisotopic (exact) mass is 555 g/mol. The number of benzene rings is 3. The van der Waals surface area contributed by atoms with E-state index in [1.54, 1.807) is 55.5 Å². The smallest absolute Gasteiger partial charge is 0.264 e. The van der Waals surface area contributed by atoms with Gasteiger partial charge >= 0.3 is 0 Å². The molecular formula is C29H34FN3O5S. The molecule has 3 rings (SSSR count). The number of hydrogen-bond acceptors (Lipinski definition) is 5. The zero-order valence-corrected chi connectivity index (χ0v) is 23.2. The molecular weight excluding hydrogens is 521 g/mol. The molecule has 10 heteroatoms. The number of carbonyl (C=O) groups is 2. The lowest BCUT2D eigenvalue weighted by molar-refractivity contribution is -0.139. The largest absolute Gasteiger partial charge is 0.492 e. The first-order valence-corrected chi connectivity index (χ1v) is 14.2. The van der Waals surface area contributed by atoms with Gasteiger partial charge in [-0.3, -0.25) is 13.9 Å². The van der Waals surface area contributed by atoms with Gasteiger partial charge in [0.15, 0.2) is 0 Å². The second-order valence-electron chi connectivity index (χ2n) is 8.81. The maximum absolute atomic E-state index is 14.6. The Hall–Kier alpha value is -3.92. The van der Waals surface area contributed by atoms with Crippen LogP contribution in [0, 0.1) is 5.82 Å². The van der Waals surface area contributed by atoms with Crippen molar-refractivity contribution < 1.29 is 27.1 Å². The Morgan fingerprint density at radius 2 is 1.59 bits per heavy atom. The van der Waals surface area contributed by atoms with Crippen molar-refractivity contribution >= 4 is 27.5 Å². The van der Waals surface area contributed by atoms with Crippen molar-refractivity contribution in [1.29, 1.82) is 0 Å². The Bertz CT molecular complexity index is 1370. The van der Waals surface area contributed by atoms with E-state index < -0.39 is 40.2 Å². The minimum atomic E-state index is -4.23. The van der Waals surface area contributed by atoms with Crippen molar-refractivity contribution in [2.45, 2.75) is 44.7 Å². The number of rotatable bonds is 13. The second kappa shape index (κ2) is 13.7. The molecule has 1 N–H and O–H groups in total. The number of amides is 2. The number of nitrogens with zero attached hydrogens (tertiary/aromatic N) is 2. The van der Waals surface area contributed by atoms with Crippen LogP contribution in [0.4, 0.5) is 10.1 Å². The van der Waals surface area contributed by atoms with E-state index in [2.05, 4.69) is 5.32 Å². The fraction of sp³-hybridized carbons (Fsp3) is 0.310. The molecule has 208 valence electrons. The van der Waals surface area contributed by atoms with Crippen LogP contribution >= 0.6 is 0 Å². The fourth-order valence-corrected chi connectivity index (χ4v) is 5.41. The summed E-state index contributed by atoms with van der Waals surface area (Å²) in [5, 5.41) is 2.76. The average Bonchev–Trinajstić information content (AvgIpc) is 2.94. The molecule has 1 atom stereocenters. The van der Waals surface area contributed by atoms with Crippen LogP contribution in [0.15, 0.2) is 83.8 Å². The number of anilines is 1. The van der Waals surface area contributed by atoms with Crippen LogP contribution in [0.2, 0.25) is 0 Å². The number of carbonyl (C=O) groups excluding carboxylic acids is 2. The first-order chi connectivity index (χ1) is 18.7. The first kappa shape index (κ1) is 29.6. The molecule has 0 fully saturated rings. The summed E-state index contributed by atoms with van der Waals surface area (Å²) in [6, 6.07) is 19.2. The molecule has 0 saturated carbocycles. The molecule has 0 heterocycles. The van der Waals surface area contributed by atoms with E-state index in [1.165, 1.54) is 42.2 Å². The molecule has 8 nitrogen and oxygen atoms in total. The van der Waals surface area contributed by atoms with Crippen LogP contribution in [0.25, 0.3) is 0 Å². The van der Waals surface area contributed by atoms with Gasteiger partial charge in [0.25, 0.3) is 10.0 Å². The van der Waals surface area contributed by atoms with Crippen molar-refractivity contribution in [3.8, 4) is 5.75 Å². The second-order valence-corrected chi connectivity index (χ2v) is 10.7. The molecule has 0 unspecified atom stereocenters. The number of nitrogens with one attached hydrogen (secondary N) is 1. The molecule has 2 amide bonds. The Morgan fingerprint density at radius 1 is 0.949 bits per heavy atom. The third-order valence-electron chi connectivity index (χ3n) is 6.06. The summed E-state index contributed by atoms with van der Waals surface area (Å²) < 4.78 is 49.0. The van der Waals surface area contributed by atoms with Gasteiger partial charge in [0.1, 0.15) is 24.2 Å². The third kappa shape index (κ3) is 7.35. The Kier molecular flexibility index (Phi) is 10.4. The van der Waals surface area contributed by atoms with Crippen LogP contribution in [0.3, 0.4) is 0 Å². The molecule has 39 heavy (non-hydrogen) atoms. The zero-order valence-electron chi connectivity index (χ0n) is 22.3. The number of hydrogen-bond donors (Lipinski definition) is 1. The van der Waals surface area contributed by atoms with E-state index in [1.807, 2.05) is 6.92 Å². The van der Waals surface area contributed by atoms with Gasteiger partial charge in [-0.15, -0.1) is 0 Å². The van der Waals surface area contributed by atoms with E-state index in [-0.39, 0.29) is 35.0 Å². The van der Waals surface area contributed by atoms with E-state index in [0.29, 0.717) is 13.0 Å². The summed E-state index contributed by atoms with van der Waals surface area (Å²) in [6.45, 7) is 5.02. The Labute approximate surface area is 229 Å². The molecule has 0 bridgehead atoms. The number of sulfonamides is 1. The van der Waals surface area contributed by atoms with Gasteiger partial charge < -0.3 is 15.0 Å². The molecule has 0 aromatic heterocycles. The molecule has 0 spiro atoms. The molecule has 0 radical (unpaired) electrons. The highest BCUT2D eigenvalue weighted by Gasteiger charge is 2.34. The summed E-state index contributed by atoms with van der Waals surface area (Å²) in [6.07, 6.45) is 0.691. The normalized spacial score (nSPS) is 11.9. The van der Waals surface area contributed by atoms with E-state index in [0.717, 1.165) is 4.31 Å². The van der Waals surface area contributed by atoms with Gasteiger partial charge in [-0.2, -0.15) is 0 Å². The van der Waals surface area contributed by atoms with Crippen molar-refractivity contribution in [1.82, 2.24) is 10.2 Å². The number of para-hydroxylation sites is 2.